The van der Waals surface area contributed by atoms with Gasteiger partial charge < -0.3 is 15.8 Å². The van der Waals surface area contributed by atoms with Crippen LogP contribution in [0.15, 0.2) is 34.8 Å². The SMILES string of the molecule is COc1c(Br)cc(Cl)cc1NC(=O)c1ccc(N)c(Cl)c1. The van der Waals surface area contributed by atoms with Gasteiger partial charge in [0.05, 0.1) is 28.0 Å². The summed E-state index contributed by atoms with van der Waals surface area (Å²) in [5.41, 5.74) is 6.87. The highest BCUT2D eigenvalue weighted by Crippen LogP contribution is 2.36. The lowest BCUT2D eigenvalue weighted by Gasteiger charge is -2.12. The first-order valence-corrected chi connectivity index (χ1v) is 7.36. The monoisotopic (exact) mass is 388 g/mol. The third-order valence-electron chi connectivity index (χ3n) is 2.72. The average Bonchev–Trinajstić information content (AvgIpc) is 2.41. The summed E-state index contributed by atoms with van der Waals surface area (Å²) in [4.78, 5) is 12.2. The van der Waals surface area contributed by atoms with Crippen LogP contribution in [0.25, 0.3) is 0 Å². The number of ether oxygens (including phenoxy) is 1. The van der Waals surface area contributed by atoms with E-state index in [1.165, 1.54) is 13.2 Å². The Kier molecular flexibility index (Phi) is 4.98. The highest BCUT2D eigenvalue weighted by molar-refractivity contribution is 9.10. The van der Waals surface area contributed by atoms with E-state index in [4.69, 9.17) is 33.7 Å². The van der Waals surface area contributed by atoms with Crippen molar-refractivity contribution in [2.24, 2.45) is 0 Å². The van der Waals surface area contributed by atoms with Crippen LogP contribution in [0, 0.1) is 0 Å². The van der Waals surface area contributed by atoms with E-state index in [2.05, 4.69) is 21.2 Å². The molecule has 0 bridgehead atoms. The van der Waals surface area contributed by atoms with Gasteiger partial charge in [0.15, 0.2) is 5.75 Å². The number of hydrogen-bond acceptors (Lipinski definition) is 3. The van der Waals surface area contributed by atoms with Crippen LogP contribution in [-0.4, -0.2) is 13.0 Å². The first-order valence-electron chi connectivity index (χ1n) is 5.81. The number of amides is 1. The molecule has 21 heavy (non-hydrogen) atoms. The molecule has 0 aliphatic rings. The zero-order valence-electron chi connectivity index (χ0n) is 10.9. The number of hydrogen-bond donors (Lipinski definition) is 2. The van der Waals surface area contributed by atoms with Gasteiger partial charge in [-0.3, -0.25) is 4.79 Å². The number of halogens is 3. The third-order valence-corrected chi connectivity index (χ3v) is 3.86. The maximum absolute atomic E-state index is 12.2. The van der Waals surface area contributed by atoms with Crippen molar-refractivity contribution in [3.05, 3.63) is 50.4 Å². The van der Waals surface area contributed by atoms with Crippen molar-refractivity contribution in [3.8, 4) is 5.75 Å². The van der Waals surface area contributed by atoms with Crippen molar-refractivity contribution in [2.75, 3.05) is 18.2 Å². The minimum Gasteiger partial charge on any atom is -0.493 e. The van der Waals surface area contributed by atoms with Crippen molar-refractivity contribution in [3.63, 3.8) is 0 Å². The van der Waals surface area contributed by atoms with E-state index in [1.807, 2.05) is 0 Å². The molecule has 0 heterocycles. The quantitative estimate of drug-likeness (QED) is 0.754. The van der Waals surface area contributed by atoms with Crippen LogP contribution in [0.1, 0.15) is 10.4 Å². The molecular formula is C14H11BrCl2N2O2. The Balaban J connectivity index is 2.33. The Morgan fingerprint density at radius 3 is 2.62 bits per heavy atom. The molecule has 1 amide bonds. The lowest BCUT2D eigenvalue weighted by molar-refractivity contribution is 0.102. The van der Waals surface area contributed by atoms with Gasteiger partial charge in [0.1, 0.15) is 0 Å². The van der Waals surface area contributed by atoms with E-state index in [0.717, 1.165) is 0 Å². The van der Waals surface area contributed by atoms with Gasteiger partial charge in [0, 0.05) is 10.6 Å². The van der Waals surface area contributed by atoms with Gasteiger partial charge in [0.25, 0.3) is 5.91 Å². The highest BCUT2D eigenvalue weighted by Gasteiger charge is 2.14. The van der Waals surface area contributed by atoms with Gasteiger partial charge in [0.2, 0.25) is 0 Å². The fourth-order valence-electron chi connectivity index (χ4n) is 1.72. The van der Waals surface area contributed by atoms with Gasteiger partial charge >= 0.3 is 0 Å². The van der Waals surface area contributed by atoms with E-state index in [1.54, 1.807) is 24.3 Å². The van der Waals surface area contributed by atoms with Gasteiger partial charge in [-0.15, -0.1) is 0 Å². The molecule has 0 saturated heterocycles. The van der Waals surface area contributed by atoms with Crippen LogP contribution in [0.5, 0.6) is 5.75 Å². The predicted octanol–water partition coefficient (Wildman–Crippen LogP) is 4.60. The first-order chi connectivity index (χ1) is 9.92. The number of anilines is 2. The maximum Gasteiger partial charge on any atom is 0.255 e. The largest absolute Gasteiger partial charge is 0.493 e. The molecule has 0 spiro atoms. The van der Waals surface area contributed by atoms with Crippen LogP contribution in [0.3, 0.4) is 0 Å². The van der Waals surface area contributed by atoms with Crippen LogP contribution >= 0.6 is 39.1 Å². The Hall–Kier alpha value is -1.43. The number of nitrogens with one attached hydrogen (secondary N) is 1. The summed E-state index contributed by atoms with van der Waals surface area (Å²) >= 11 is 15.2. The molecule has 4 nitrogen and oxygen atoms in total. The van der Waals surface area contributed by atoms with Crippen molar-refractivity contribution in [2.45, 2.75) is 0 Å². The topological polar surface area (TPSA) is 64.3 Å². The standard InChI is InChI=1S/C14H11BrCl2N2O2/c1-21-13-9(15)5-8(16)6-12(13)19-14(20)7-2-3-11(18)10(17)4-7/h2-6H,18H2,1H3,(H,19,20). The maximum atomic E-state index is 12.2. The summed E-state index contributed by atoms with van der Waals surface area (Å²) in [5, 5.41) is 3.52. The van der Waals surface area contributed by atoms with E-state index in [9.17, 15) is 4.79 Å². The van der Waals surface area contributed by atoms with E-state index < -0.39 is 0 Å². The van der Waals surface area contributed by atoms with Crippen LogP contribution in [-0.2, 0) is 0 Å². The second kappa shape index (κ2) is 6.56. The summed E-state index contributed by atoms with van der Waals surface area (Å²) in [6.45, 7) is 0. The number of nitrogens with two attached hydrogens (primary N) is 1. The number of nitrogen functional groups attached to an aromatic ring is 1. The lowest BCUT2D eigenvalue weighted by atomic mass is 10.2. The second-order valence-corrected chi connectivity index (χ2v) is 5.86. The lowest BCUT2D eigenvalue weighted by Crippen LogP contribution is -2.13. The fraction of sp³-hybridized carbons (Fsp3) is 0.0714. The minimum atomic E-state index is -0.343. The third kappa shape index (κ3) is 3.61. The number of rotatable bonds is 3. The molecular weight excluding hydrogens is 379 g/mol. The predicted molar refractivity (Wildman–Crippen MR) is 89.5 cm³/mol. The molecule has 0 aliphatic heterocycles. The smallest absolute Gasteiger partial charge is 0.255 e. The molecule has 0 atom stereocenters. The van der Waals surface area contributed by atoms with Crippen LogP contribution in [0.2, 0.25) is 10.0 Å². The summed E-state index contributed by atoms with van der Waals surface area (Å²) in [5.74, 6) is 0.138. The summed E-state index contributed by atoms with van der Waals surface area (Å²) in [6, 6.07) is 7.93. The minimum absolute atomic E-state index is 0.321. The molecule has 7 heteroatoms. The number of carbonyl (C=O) groups is 1. The average molecular weight is 390 g/mol. The Bertz CT molecular complexity index is 708. The molecule has 0 aliphatic carbocycles. The van der Waals surface area contributed by atoms with Crippen molar-refractivity contribution < 1.29 is 9.53 Å². The molecule has 0 aromatic heterocycles. The number of benzene rings is 2. The van der Waals surface area contributed by atoms with Gasteiger partial charge in [-0.2, -0.15) is 0 Å². The molecule has 0 unspecified atom stereocenters. The summed E-state index contributed by atoms with van der Waals surface area (Å²) < 4.78 is 5.89. The molecule has 110 valence electrons. The van der Waals surface area contributed by atoms with E-state index in [0.29, 0.717) is 37.2 Å². The Morgan fingerprint density at radius 2 is 2.00 bits per heavy atom. The van der Waals surface area contributed by atoms with E-state index >= 15 is 0 Å². The highest BCUT2D eigenvalue weighted by atomic mass is 79.9. The Labute approximate surface area is 140 Å². The molecule has 0 radical (unpaired) electrons. The fourth-order valence-corrected chi connectivity index (χ4v) is 2.88. The first kappa shape index (κ1) is 15.9. The van der Waals surface area contributed by atoms with Gasteiger partial charge in [-0.1, -0.05) is 23.2 Å². The molecule has 0 saturated carbocycles. The molecule has 2 aromatic rings. The summed E-state index contributed by atoms with van der Waals surface area (Å²) in [6.07, 6.45) is 0. The molecule has 0 fully saturated rings. The molecule has 2 aromatic carbocycles. The van der Waals surface area contributed by atoms with Crippen LogP contribution < -0.4 is 15.8 Å². The molecule has 3 N–H and O–H groups in total. The van der Waals surface area contributed by atoms with Crippen molar-refractivity contribution in [1.29, 1.82) is 0 Å². The Morgan fingerprint density at radius 1 is 1.29 bits per heavy atom. The van der Waals surface area contributed by atoms with Gasteiger partial charge in [-0.25, -0.2) is 0 Å². The zero-order chi connectivity index (χ0) is 15.6. The number of carbonyl (C=O) groups excluding carboxylic acids is 1. The van der Waals surface area contributed by atoms with Crippen LogP contribution in [0.4, 0.5) is 11.4 Å². The van der Waals surface area contributed by atoms with Gasteiger partial charge in [-0.05, 0) is 46.3 Å². The summed E-state index contributed by atoms with van der Waals surface area (Å²) in [7, 11) is 1.50. The second-order valence-electron chi connectivity index (χ2n) is 4.16. The van der Waals surface area contributed by atoms with Crippen molar-refractivity contribution in [1.82, 2.24) is 0 Å². The number of methoxy groups -OCH3 is 1. The molecule has 2 rings (SSSR count). The normalized spacial score (nSPS) is 10.3. The van der Waals surface area contributed by atoms with E-state index in [-0.39, 0.29) is 5.91 Å². The zero-order valence-corrected chi connectivity index (χ0v) is 14.0. The van der Waals surface area contributed by atoms with Crippen molar-refractivity contribution >= 4 is 56.4 Å².